The van der Waals surface area contributed by atoms with Crippen LogP contribution in [0.15, 0.2) is 28.7 Å². The molecule has 20 heavy (non-hydrogen) atoms. The number of carbonyl (C=O) groups is 2. The summed E-state index contributed by atoms with van der Waals surface area (Å²) in [6.45, 7) is 0.713. The number of nitrogens with zero attached hydrogens (tertiary/aromatic N) is 1. The monoisotopic (exact) mass is 339 g/mol. The molecule has 0 radical (unpaired) electrons. The molecule has 2 rings (SSSR count). The highest BCUT2D eigenvalue weighted by Gasteiger charge is 2.28. The highest BCUT2D eigenvalue weighted by Crippen LogP contribution is 2.25. The van der Waals surface area contributed by atoms with E-state index in [4.69, 9.17) is 5.11 Å². The molecule has 0 bridgehead atoms. The number of halogens is 1. The van der Waals surface area contributed by atoms with E-state index < -0.39 is 5.97 Å². The lowest BCUT2D eigenvalue weighted by Crippen LogP contribution is -2.44. The molecule has 1 aliphatic rings. The molecule has 1 fully saturated rings. The summed E-state index contributed by atoms with van der Waals surface area (Å²) in [7, 11) is 0. The second-order valence-corrected chi connectivity index (χ2v) is 5.91. The third-order valence-corrected chi connectivity index (χ3v) is 4.38. The predicted molar refractivity (Wildman–Crippen MR) is 79.7 cm³/mol. The highest BCUT2D eigenvalue weighted by molar-refractivity contribution is 9.10. The van der Waals surface area contributed by atoms with Crippen LogP contribution in [0.2, 0.25) is 0 Å². The van der Waals surface area contributed by atoms with Crippen LogP contribution in [0, 0.1) is 0 Å². The van der Waals surface area contributed by atoms with Gasteiger partial charge in [0, 0.05) is 23.5 Å². The van der Waals surface area contributed by atoms with E-state index >= 15 is 0 Å². The highest BCUT2D eigenvalue weighted by atomic mass is 79.9. The van der Waals surface area contributed by atoms with E-state index in [1.165, 1.54) is 0 Å². The van der Waals surface area contributed by atoms with Gasteiger partial charge in [-0.1, -0.05) is 12.1 Å². The second kappa shape index (κ2) is 6.88. The van der Waals surface area contributed by atoms with Crippen LogP contribution in [0.1, 0.15) is 42.5 Å². The quantitative estimate of drug-likeness (QED) is 0.915. The number of amides is 1. The molecule has 0 aliphatic carbocycles. The molecule has 1 aromatic carbocycles. The van der Waals surface area contributed by atoms with Crippen LogP contribution in [-0.4, -0.2) is 34.5 Å². The number of rotatable bonds is 4. The molecule has 1 saturated heterocycles. The third-order valence-electron chi connectivity index (χ3n) is 3.68. The maximum atomic E-state index is 12.6. The van der Waals surface area contributed by atoms with Crippen molar-refractivity contribution in [3.8, 4) is 0 Å². The number of carboxylic acid groups (broad SMARTS) is 1. The normalized spacial score (nSPS) is 18.9. The lowest BCUT2D eigenvalue weighted by atomic mass is 9.97. The number of hydrogen-bond acceptors (Lipinski definition) is 2. The minimum Gasteiger partial charge on any atom is -0.481 e. The molecular formula is C15H18BrNO3. The molecule has 0 saturated carbocycles. The summed E-state index contributed by atoms with van der Waals surface area (Å²) in [5.41, 5.74) is 0.648. The maximum absolute atomic E-state index is 12.6. The fourth-order valence-electron chi connectivity index (χ4n) is 2.65. The summed E-state index contributed by atoms with van der Waals surface area (Å²) in [5.74, 6) is -0.809. The maximum Gasteiger partial charge on any atom is 0.303 e. The van der Waals surface area contributed by atoms with Crippen molar-refractivity contribution in [1.29, 1.82) is 0 Å². The second-order valence-electron chi connectivity index (χ2n) is 5.06. The summed E-state index contributed by atoms with van der Waals surface area (Å²) in [5, 5.41) is 8.82. The molecule has 1 unspecified atom stereocenters. The topological polar surface area (TPSA) is 57.6 Å². The number of carboxylic acids is 1. The molecule has 1 aliphatic heterocycles. The van der Waals surface area contributed by atoms with Gasteiger partial charge >= 0.3 is 5.97 Å². The number of benzene rings is 1. The van der Waals surface area contributed by atoms with Gasteiger partial charge in [0.15, 0.2) is 0 Å². The molecule has 1 atom stereocenters. The van der Waals surface area contributed by atoms with Gasteiger partial charge < -0.3 is 10.0 Å². The van der Waals surface area contributed by atoms with Crippen molar-refractivity contribution >= 4 is 27.8 Å². The molecular weight excluding hydrogens is 322 g/mol. The van der Waals surface area contributed by atoms with Crippen molar-refractivity contribution in [1.82, 2.24) is 4.90 Å². The van der Waals surface area contributed by atoms with Gasteiger partial charge in [0.05, 0.1) is 5.56 Å². The number of hydrogen-bond donors (Lipinski definition) is 1. The first-order valence-corrected chi connectivity index (χ1v) is 7.66. The summed E-state index contributed by atoms with van der Waals surface area (Å²) in [4.78, 5) is 25.2. The summed E-state index contributed by atoms with van der Waals surface area (Å²) in [6.07, 6.45) is 3.59. The molecule has 1 amide bonds. The van der Waals surface area contributed by atoms with Gasteiger partial charge in [0.25, 0.3) is 5.91 Å². The average molecular weight is 340 g/mol. The Bertz CT molecular complexity index is 504. The van der Waals surface area contributed by atoms with Gasteiger partial charge in [-0.3, -0.25) is 9.59 Å². The van der Waals surface area contributed by atoms with E-state index in [2.05, 4.69) is 15.9 Å². The lowest BCUT2D eigenvalue weighted by molar-refractivity contribution is -0.137. The van der Waals surface area contributed by atoms with Crippen LogP contribution in [0.4, 0.5) is 0 Å². The Morgan fingerprint density at radius 1 is 1.30 bits per heavy atom. The van der Waals surface area contributed by atoms with E-state index in [1.807, 2.05) is 23.1 Å². The molecule has 1 heterocycles. The number of aliphatic carboxylic acids is 1. The Balaban J connectivity index is 2.13. The Kier molecular flexibility index (Phi) is 5.17. The molecule has 0 spiro atoms. The molecule has 4 nitrogen and oxygen atoms in total. The zero-order valence-corrected chi connectivity index (χ0v) is 12.8. The van der Waals surface area contributed by atoms with Crippen LogP contribution in [-0.2, 0) is 4.79 Å². The minimum absolute atomic E-state index is 0.00689. The van der Waals surface area contributed by atoms with E-state index in [-0.39, 0.29) is 18.4 Å². The summed E-state index contributed by atoms with van der Waals surface area (Å²) in [6, 6.07) is 7.41. The largest absolute Gasteiger partial charge is 0.481 e. The van der Waals surface area contributed by atoms with Crippen LogP contribution in [0.25, 0.3) is 0 Å². The Morgan fingerprint density at radius 2 is 2.05 bits per heavy atom. The average Bonchev–Trinajstić information content (AvgIpc) is 2.45. The number of piperidine rings is 1. The van der Waals surface area contributed by atoms with Crippen LogP contribution in [0.3, 0.4) is 0 Å². The van der Waals surface area contributed by atoms with Gasteiger partial charge in [0.1, 0.15) is 0 Å². The molecule has 1 aromatic rings. The van der Waals surface area contributed by atoms with E-state index in [0.717, 1.165) is 23.7 Å². The van der Waals surface area contributed by atoms with Crippen molar-refractivity contribution in [2.24, 2.45) is 0 Å². The third kappa shape index (κ3) is 3.60. The van der Waals surface area contributed by atoms with Gasteiger partial charge in [-0.15, -0.1) is 0 Å². The van der Waals surface area contributed by atoms with Gasteiger partial charge in [-0.05, 0) is 53.7 Å². The zero-order valence-electron chi connectivity index (χ0n) is 11.2. The Hall–Kier alpha value is -1.36. The molecule has 108 valence electrons. The first-order valence-electron chi connectivity index (χ1n) is 6.87. The van der Waals surface area contributed by atoms with Crippen molar-refractivity contribution in [3.63, 3.8) is 0 Å². The van der Waals surface area contributed by atoms with Gasteiger partial charge in [0.2, 0.25) is 0 Å². The van der Waals surface area contributed by atoms with E-state index in [9.17, 15) is 9.59 Å². The van der Waals surface area contributed by atoms with Crippen molar-refractivity contribution in [2.45, 2.75) is 38.1 Å². The molecule has 1 N–H and O–H groups in total. The van der Waals surface area contributed by atoms with Gasteiger partial charge in [-0.2, -0.15) is 0 Å². The predicted octanol–water partition coefficient (Wildman–Crippen LogP) is 3.31. The standard InChI is InChI=1S/C15H18BrNO3/c16-13-7-2-1-6-12(13)15(20)17-10-4-3-5-11(17)8-9-14(18)19/h1-2,6-7,11H,3-5,8-10H2,(H,18,19). The first kappa shape index (κ1) is 15.0. The minimum atomic E-state index is -0.802. The summed E-state index contributed by atoms with van der Waals surface area (Å²) < 4.78 is 0.785. The Morgan fingerprint density at radius 3 is 2.75 bits per heavy atom. The Labute approximate surface area is 126 Å². The van der Waals surface area contributed by atoms with Crippen LogP contribution >= 0.6 is 15.9 Å². The van der Waals surface area contributed by atoms with Crippen LogP contribution in [0.5, 0.6) is 0 Å². The van der Waals surface area contributed by atoms with E-state index in [0.29, 0.717) is 18.5 Å². The number of carbonyl (C=O) groups excluding carboxylic acids is 1. The van der Waals surface area contributed by atoms with E-state index in [1.54, 1.807) is 6.07 Å². The fraction of sp³-hybridized carbons (Fsp3) is 0.467. The van der Waals surface area contributed by atoms with Crippen LogP contribution < -0.4 is 0 Å². The smallest absolute Gasteiger partial charge is 0.303 e. The van der Waals surface area contributed by atoms with Gasteiger partial charge in [-0.25, -0.2) is 0 Å². The SMILES string of the molecule is O=C(O)CCC1CCCCN1C(=O)c1ccccc1Br. The van der Waals surface area contributed by atoms with Crippen molar-refractivity contribution in [3.05, 3.63) is 34.3 Å². The van der Waals surface area contributed by atoms with Crippen molar-refractivity contribution < 1.29 is 14.7 Å². The lowest BCUT2D eigenvalue weighted by Gasteiger charge is -2.36. The number of likely N-dealkylation sites (tertiary alicyclic amines) is 1. The zero-order chi connectivity index (χ0) is 14.5. The fourth-order valence-corrected chi connectivity index (χ4v) is 3.10. The summed E-state index contributed by atoms with van der Waals surface area (Å²) >= 11 is 3.40. The first-order chi connectivity index (χ1) is 9.59. The molecule has 0 aromatic heterocycles. The molecule has 5 heteroatoms. The van der Waals surface area contributed by atoms with Crippen molar-refractivity contribution in [2.75, 3.05) is 6.54 Å².